The molecule has 22 heavy (non-hydrogen) atoms. The zero-order chi connectivity index (χ0) is 15.9. The van der Waals surface area contributed by atoms with Crippen LogP contribution in [0.1, 0.15) is 29.4 Å². The number of hydrogen-bond acceptors (Lipinski definition) is 7. The van der Waals surface area contributed by atoms with Gasteiger partial charge in [0.25, 0.3) is 11.7 Å². The molecule has 0 saturated heterocycles. The Morgan fingerprint density at radius 2 is 2.27 bits per heavy atom. The molecule has 0 fully saturated rings. The summed E-state index contributed by atoms with van der Waals surface area (Å²) >= 11 is 0. The van der Waals surface area contributed by atoms with Gasteiger partial charge in [0.15, 0.2) is 6.61 Å². The van der Waals surface area contributed by atoms with Gasteiger partial charge < -0.3 is 10.1 Å². The molecule has 0 bridgehead atoms. The second kappa shape index (κ2) is 7.12. The SMILES string of the molecule is CCc1c(C(=O)OCC(=O)NCCC#N)cnc2ncnn12. The normalized spacial score (nSPS) is 10.2. The molecule has 2 rings (SSSR count). The summed E-state index contributed by atoms with van der Waals surface area (Å²) < 4.78 is 6.42. The van der Waals surface area contributed by atoms with Crippen LogP contribution < -0.4 is 5.32 Å². The van der Waals surface area contributed by atoms with E-state index >= 15 is 0 Å². The standard InChI is InChI=1S/C13H14N6O3/c1-2-10-9(6-16-13-17-8-18-19(10)13)12(21)22-7-11(20)15-5-3-4-14/h6,8H,2-3,5,7H2,1H3,(H,15,20). The van der Waals surface area contributed by atoms with Gasteiger partial charge in [-0.05, 0) is 6.42 Å². The Bertz CT molecular complexity index is 733. The van der Waals surface area contributed by atoms with Crippen molar-refractivity contribution in [2.24, 2.45) is 0 Å². The molecule has 0 aliphatic heterocycles. The fraction of sp³-hybridized carbons (Fsp3) is 0.385. The van der Waals surface area contributed by atoms with E-state index < -0.39 is 18.5 Å². The average Bonchev–Trinajstić information content (AvgIpc) is 3.00. The number of nitrogens with zero attached hydrogens (tertiary/aromatic N) is 5. The van der Waals surface area contributed by atoms with Gasteiger partial charge in [-0.25, -0.2) is 14.3 Å². The van der Waals surface area contributed by atoms with E-state index in [1.165, 1.54) is 17.0 Å². The highest BCUT2D eigenvalue weighted by Gasteiger charge is 2.17. The van der Waals surface area contributed by atoms with Crippen LogP contribution in [-0.2, 0) is 16.0 Å². The van der Waals surface area contributed by atoms with Crippen LogP contribution in [0, 0.1) is 11.3 Å². The van der Waals surface area contributed by atoms with Gasteiger partial charge >= 0.3 is 5.97 Å². The number of nitrogens with one attached hydrogen (secondary N) is 1. The summed E-state index contributed by atoms with van der Waals surface area (Å²) in [7, 11) is 0. The number of amides is 1. The van der Waals surface area contributed by atoms with Crippen LogP contribution in [0.2, 0.25) is 0 Å². The monoisotopic (exact) mass is 302 g/mol. The Kier molecular flexibility index (Phi) is 4.98. The van der Waals surface area contributed by atoms with Crippen LogP contribution >= 0.6 is 0 Å². The highest BCUT2D eigenvalue weighted by molar-refractivity contribution is 5.92. The lowest BCUT2D eigenvalue weighted by atomic mass is 10.2. The van der Waals surface area contributed by atoms with Crippen molar-refractivity contribution < 1.29 is 14.3 Å². The van der Waals surface area contributed by atoms with Crippen LogP contribution in [0.25, 0.3) is 5.78 Å². The first-order valence-electron chi connectivity index (χ1n) is 6.65. The number of aryl methyl sites for hydroxylation is 1. The summed E-state index contributed by atoms with van der Waals surface area (Å²) in [6.45, 7) is 1.67. The van der Waals surface area contributed by atoms with E-state index in [-0.39, 0.29) is 18.5 Å². The molecule has 2 heterocycles. The van der Waals surface area contributed by atoms with Crippen molar-refractivity contribution in [3.8, 4) is 6.07 Å². The predicted octanol–water partition coefficient (Wildman–Crippen LogP) is -0.127. The van der Waals surface area contributed by atoms with Crippen LogP contribution in [0.3, 0.4) is 0 Å². The second-order valence-corrected chi connectivity index (χ2v) is 4.28. The number of ether oxygens (including phenoxy) is 1. The Morgan fingerprint density at radius 1 is 1.45 bits per heavy atom. The number of esters is 1. The molecular weight excluding hydrogens is 288 g/mol. The number of carbonyl (C=O) groups is 2. The summed E-state index contributed by atoms with van der Waals surface area (Å²) in [6.07, 6.45) is 3.44. The van der Waals surface area contributed by atoms with E-state index in [4.69, 9.17) is 10.00 Å². The van der Waals surface area contributed by atoms with Crippen LogP contribution in [0.4, 0.5) is 0 Å². The van der Waals surface area contributed by atoms with Gasteiger partial charge in [0, 0.05) is 12.7 Å². The first-order chi connectivity index (χ1) is 10.7. The maximum absolute atomic E-state index is 12.1. The quantitative estimate of drug-likeness (QED) is 0.582. The molecule has 0 spiro atoms. The largest absolute Gasteiger partial charge is 0.452 e. The second-order valence-electron chi connectivity index (χ2n) is 4.28. The Balaban J connectivity index is 2.04. The minimum Gasteiger partial charge on any atom is -0.452 e. The molecule has 1 N–H and O–H groups in total. The van der Waals surface area contributed by atoms with Gasteiger partial charge in [0.1, 0.15) is 6.33 Å². The fourth-order valence-electron chi connectivity index (χ4n) is 1.85. The molecule has 2 aromatic heterocycles. The van der Waals surface area contributed by atoms with Crippen molar-refractivity contribution in [2.75, 3.05) is 13.2 Å². The molecule has 0 aromatic carbocycles. The lowest BCUT2D eigenvalue weighted by Gasteiger charge is -2.09. The molecule has 2 aromatic rings. The molecule has 1 amide bonds. The fourth-order valence-corrected chi connectivity index (χ4v) is 1.85. The van der Waals surface area contributed by atoms with Crippen molar-refractivity contribution in [3.05, 3.63) is 23.8 Å². The molecular formula is C13H14N6O3. The third-order valence-electron chi connectivity index (χ3n) is 2.85. The number of hydrogen-bond donors (Lipinski definition) is 1. The third kappa shape index (κ3) is 3.35. The average molecular weight is 302 g/mol. The predicted molar refractivity (Wildman–Crippen MR) is 73.7 cm³/mol. The zero-order valence-corrected chi connectivity index (χ0v) is 11.9. The lowest BCUT2D eigenvalue weighted by molar-refractivity contribution is -0.124. The summed E-state index contributed by atoms with van der Waals surface area (Å²) in [5, 5.41) is 14.8. The molecule has 9 nitrogen and oxygen atoms in total. The molecule has 9 heteroatoms. The molecule has 0 aliphatic carbocycles. The minimum atomic E-state index is -0.655. The first-order valence-corrected chi connectivity index (χ1v) is 6.65. The van der Waals surface area contributed by atoms with Gasteiger partial charge in [-0.1, -0.05) is 6.92 Å². The van der Waals surface area contributed by atoms with Gasteiger partial charge in [-0.3, -0.25) is 4.79 Å². The van der Waals surface area contributed by atoms with E-state index in [0.29, 0.717) is 17.9 Å². The number of nitriles is 1. The van der Waals surface area contributed by atoms with Crippen molar-refractivity contribution in [2.45, 2.75) is 19.8 Å². The smallest absolute Gasteiger partial charge is 0.342 e. The summed E-state index contributed by atoms with van der Waals surface area (Å²) in [5.41, 5.74) is 0.850. The summed E-state index contributed by atoms with van der Waals surface area (Å²) in [4.78, 5) is 31.5. The van der Waals surface area contributed by atoms with E-state index in [9.17, 15) is 9.59 Å². The first kappa shape index (κ1) is 15.4. The van der Waals surface area contributed by atoms with Gasteiger partial charge in [0.2, 0.25) is 0 Å². The topological polar surface area (TPSA) is 122 Å². The van der Waals surface area contributed by atoms with Crippen LogP contribution in [0.5, 0.6) is 0 Å². The summed E-state index contributed by atoms with van der Waals surface area (Å²) in [6, 6.07) is 1.90. The van der Waals surface area contributed by atoms with Gasteiger partial charge in [-0.15, -0.1) is 0 Å². The molecule has 0 aliphatic rings. The zero-order valence-electron chi connectivity index (χ0n) is 11.9. The Labute approximate surface area is 125 Å². The molecule has 0 saturated carbocycles. The van der Waals surface area contributed by atoms with E-state index in [1.807, 2.05) is 13.0 Å². The third-order valence-corrected chi connectivity index (χ3v) is 2.85. The Hall–Kier alpha value is -3.02. The number of carbonyl (C=O) groups excluding carboxylic acids is 2. The van der Waals surface area contributed by atoms with Gasteiger partial charge in [0.05, 0.1) is 23.7 Å². The lowest BCUT2D eigenvalue weighted by Crippen LogP contribution is -2.29. The van der Waals surface area contributed by atoms with Crippen molar-refractivity contribution in [3.63, 3.8) is 0 Å². The van der Waals surface area contributed by atoms with Gasteiger partial charge in [-0.2, -0.15) is 15.3 Å². The van der Waals surface area contributed by atoms with Crippen molar-refractivity contribution in [1.82, 2.24) is 24.9 Å². The minimum absolute atomic E-state index is 0.201. The van der Waals surface area contributed by atoms with Crippen LogP contribution in [0.15, 0.2) is 12.5 Å². The molecule has 0 radical (unpaired) electrons. The van der Waals surface area contributed by atoms with E-state index in [2.05, 4.69) is 20.4 Å². The Morgan fingerprint density at radius 3 is 3.00 bits per heavy atom. The van der Waals surface area contributed by atoms with E-state index in [1.54, 1.807) is 0 Å². The van der Waals surface area contributed by atoms with E-state index in [0.717, 1.165) is 0 Å². The highest BCUT2D eigenvalue weighted by atomic mass is 16.5. The van der Waals surface area contributed by atoms with Crippen molar-refractivity contribution >= 4 is 17.7 Å². The molecule has 0 unspecified atom stereocenters. The number of fused-ring (bicyclic) bond motifs is 1. The number of aromatic nitrogens is 4. The maximum atomic E-state index is 12.1. The molecule has 114 valence electrons. The van der Waals surface area contributed by atoms with Crippen LogP contribution in [-0.4, -0.2) is 44.6 Å². The summed E-state index contributed by atoms with van der Waals surface area (Å²) in [5.74, 6) is -0.726. The number of rotatable bonds is 6. The highest BCUT2D eigenvalue weighted by Crippen LogP contribution is 2.11. The molecule has 0 atom stereocenters. The maximum Gasteiger partial charge on any atom is 0.342 e. The van der Waals surface area contributed by atoms with Crippen molar-refractivity contribution in [1.29, 1.82) is 5.26 Å².